The number of methoxy groups -OCH3 is 2. The van der Waals surface area contributed by atoms with Crippen molar-refractivity contribution in [1.29, 1.82) is 0 Å². The van der Waals surface area contributed by atoms with Crippen molar-refractivity contribution in [3.05, 3.63) is 10.1 Å². The summed E-state index contributed by atoms with van der Waals surface area (Å²) in [5.41, 5.74) is 0. The summed E-state index contributed by atoms with van der Waals surface area (Å²) in [6.45, 7) is 1.92. The smallest absolute Gasteiger partial charge is 0.311 e. The molecule has 0 aliphatic heterocycles. The van der Waals surface area contributed by atoms with Gasteiger partial charge in [0.25, 0.3) is 0 Å². The molecule has 2 bridgehead atoms. The van der Waals surface area contributed by atoms with Crippen LogP contribution in [0.15, 0.2) is 10.1 Å². The van der Waals surface area contributed by atoms with Gasteiger partial charge in [0.1, 0.15) is 4.87 Å². The Balaban J connectivity index is 2.60. The van der Waals surface area contributed by atoms with Crippen molar-refractivity contribution >= 4 is 52.4 Å². The number of hydrogen-bond donors (Lipinski definition) is 0. The summed E-state index contributed by atoms with van der Waals surface area (Å²) in [6.07, 6.45) is 0.119. The lowest BCUT2D eigenvalue weighted by Crippen LogP contribution is -2.57. The summed E-state index contributed by atoms with van der Waals surface area (Å²) in [7, 11) is 2.76. The Morgan fingerprint density at radius 1 is 1.25 bits per heavy atom. The fourth-order valence-electron chi connectivity index (χ4n) is 3.13. The van der Waals surface area contributed by atoms with E-state index in [0.717, 1.165) is 0 Å². The van der Waals surface area contributed by atoms with Crippen molar-refractivity contribution in [2.45, 2.75) is 28.9 Å². The van der Waals surface area contributed by atoms with Gasteiger partial charge in [-0.1, -0.05) is 23.2 Å². The van der Waals surface area contributed by atoms with Gasteiger partial charge in [0, 0.05) is 14.2 Å². The third kappa shape index (κ3) is 1.61. The van der Waals surface area contributed by atoms with Crippen LogP contribution >= 0.6 is 46.4 Å². The Kier molecular flexibility index (Phi) is 4.32. The Bertz CT molecular complexity index is 476. The highest BCUT2D eigenvalue weighted by Gasteiger charge is 2.82. The van der Waals surface area contributed by atoms with Crippen molar-refractivity contribution in [1.82, 2.24) is 0 Å². The molecular weight excluding hydrogens is 350 g/mol. The molecule has 0 amide bonds. The molecule has 0 spiro atoms. The van der Waals surface area contributed by atoms with E-state index in [-0.39, 0.29) is 23.1 Å². The van der Waals surface area contributed by atoms with Crippen LogP contribution in [0.1, 0.15) is 13.3 Å². The second-order valence-corrected chi connectivity index (χ2v) is 6.67. The van der Waals surface area contributed by atoms with Gasteiger partial charge in [0.15, 0.2) is 4.87 Å². The van der Waals surface area contributed by atoms with Crippen molar-refractivity contribution in [2.24, 2.45) is 5.92 Å². The molecule has 2 rings (SSSR count). The minimum Gasteiger partial charge on any atom is -0.466 e. The number of esters is 1. The highest BCUT2D eigenvalue weighted by molar-refractivity contribution is 6.52. The summed E-state index contributed by atoms with van der Waals surface area (Å²) in [4.78, 5) is 9.32. The second-order valence-electron chi connectivity index (χ2n) is 4.67. The summed E-state index contributed by atoms with van der Waals surface area (Å²) in [5, 5.41) is 0.198. The molecule has 1 saturated carbocycles. The number of hydrogen-bond acceptors (Lipinski definition) is 4. The molecule has 0 saturated heterocycles. The average molecular weight is 364 g/mol. The van der Waals surface area contributed by atoms with Gasteiger partial charge < -0.3 is 14.2 Å². The monoisotopic (exact) mass is 362 g/mol. The molecule has 20 heavy (non-hydrogen) atoms. The number of rotatable bonds is 4. The fourth-order valence-corrected chi connectivity index (χ4v) is 5.17. The normalized spacial score (nSPS) is 38.5. The number of carbonyl (C=O) groups excluding carboxylic acids is 1. The molecule has 0 aromatic rings. The molecule has 0 unspecified atom stereocenters. The third-order valence-electron chi connectivity index (χ3n) is 3.97. The van der Waals surface area contributed by atoms with Crippen LogP contribution < -0.4 is 0 Å². The lowest BCUT2D eigenvalue weighted by atomic mass is 9.91. The van der Waals surface area contributed by atoms with Gasteiger partial charge in [-0.3, -0.25) is 4.79 Å². The first-order valence-corrected chi connectivity index (χ1v) is 7.49. The van der Waals surface area contributed by atoms with E-state index in [4.69, 9.17) is 60.6 Å². The Hall–Kier alpha value is 0.290. The minimum absolute atomic E-state index is 0.0591. The molecule has 4 nitrogen and oxygen atoms in total. The zero-order chi connectivity index (χ0) is 15.3. The first kappa shape index (κ1) is 16.7. The van der Waals surface area contributed by atoms with Crippen molar-refractivity contribution in [2.75, 3.05) is 20.8 Å². The van der Waals surface area contributed by atoms with Crippen molar-refractivity contribution in [3.8, 4) is 0 Å². The van der Waals surface area contributed by atoms with Crippen molar-refractivity contribution < 1.29 is 19.0 Å². The molecule has 3 atom stereocenters. The summed E-state index contributed by atoms with van der Waals surface area (Å²) < 4.78 is 15.9. The molecule has 0 aromatic heterocycles. The zero-order valence-electron chi connectivity index (χ0n) is 11.1. The maximum Gasteiger partial charge on any atom is 0.311 e. The predicted octanol–water partition coefficient (Wildman–Crippen LogP) is 3.22. The van der Waals surface area contributed by atoms with Gasteiger partial charge in [-0.05, 0) is 13.3 Å². The Morgan fingerprint density at radius 2 is 1.80 bits per heavy atom. The highest BCUT2D eigenvalue weighted by atomic mass is 35.5. The van der Waals surface area contributed by atoms with Crippen LogP contribution in [0, 0.1) is 5.92 Å². The molecular formula is C12H14Cl4O4. The van der Waals surface area contributed by atoms with E-state index in [1.165, 1.54) is 14.2 Å². The second kappa shape index (κ2) is 5.18. The zero-order valence-corrected chi connectivity index (χ0v) is 14.2. The SMILES string of the molecule is CCOC(=O)[C@@H]1C[C@]2(Cl)C(Cl)=C(Cl)[C@@]1(Cl)C2(OC)OC. The minimum atomic E-state index is -1.53. The van der Waals surface area contributed by atoms with Crippen LogP contribution in [-0.4, -0.2) is 42.3 Å². The third-order valence-corrected chi connectivity index (χ3v) is 6.55. The molecule has 8 heteroatoms. The average Bonchev–Trinajstić information content (AvgIpc) is 2.70. The van der Waals surface area contributed by atoms with E-state index in [1.54, 1.807) is 6.92 Å². The maximum absolute atomic E-state index is 12.2. The molecule has 2 aliphatic carbocycles. The maximum atomic E-state index is 12.2. The topological polar surface area (TPSA) is 44.8 Å². The number of fused-ring (bicyclic) bond motifs is 2. The van der Waals surface area contributed by atoms with Gasteiger partial charge in [0.05, 0.1) is 22.6 Å². The number of ether oxygens (including phenoxy) is 3. The highest BCUT2D eigenvalue weighted by Crippen LogP contribution is 2.71. The van der Waals surface area contributed by atoms with Crippen LogP contribution in [0.25, 0.3) is 0 Å². The van der Waals surface area contributed by atoms with E-state index in [1.807, 2.05) is 0 Å². The van der Waals surface area contributed by atoms with Crippen LogP contribution in [0.4, 0.5) is 0 Å². The van der Waals surface area contributed by atoms with Gasteiger partial charge in [-0.25, -0.2) is 0 Å². The van der Waals surface area contributed by atoms with Gasteiger partial charge in [-0.15, -0.1) is 23.2 Å². The van der Waals surface area contributed by atoms with E-state index in [0.29, 0.717) is 0 Å². The number of halogens is 4. The number of carbonyl (C=O) groups is 1. The first-order valence-electron chi connectivity index (χ1n) is 5.97. The Labute approximate surface area is 137 Å². The molecule has 0 aromatic carbocycles. The first-order chi connectivity index (χ1) is 9.26. The standard InChI is InChI=1S/C12H14Cl4O4/c1-4-20-9(17)6-5-10(15)7(13)8(14)11(6,16)12(10,18-2)19-3/h6H,4-5H2,1-3H3/t6-,10-,11+/m0/s1. The van der Waals surface area contributed by atoms with E-state index < -0.39 is 27.4 Å². The largest absolute Gasteiger partial charge is 0.466 e. The van der Waals surface area contributed by atoms with E-state index in [2.05, 4.69) is 0 Å². The van der Waals surface area contributed by atoms with Crippen LogP contribution in [0.3, 0.4) is 0 Å². The molecule has 0 radical (unpaired) electrons. The van der Waals surface area contributed by atoms with Gasteiger partial charge in [-0.2, -0.15) is 0 Å². The molecule has 0 heterocycles. The Morgan fingerprint density at radius 3 is 2.20 bits per heavy atom. The van der Waals surface area contributed by atoms with Gasteiger partial charge >= 0.3 is 5.97 Å². The van der Waals surface area contributed by atoms with Crippen LogP contribution in [0.5, 0.6) is 0 Å². The summed E-state index contributed by atoms with van der Waals surface area (Å²) in [5.74, 6) is -2.85. The lowest BCUT2D eigenvalue weighted by molar-refractivity contribution is -0.219. The van der Waals surface area contributed by atoms with E-state index >= 15 is 0 Å². The van der Waals surface area contributed by atoms with E-state index in [9.17, 15) is 4.79 Å². The molecule has 2 aliphatic rings. The van der Waals surface area contributed by atoms with Crippen LogP contribution in [0.2, 0.25) is 0 Å². The molecule has 0 N–H and O–H groups in total. The molecule has 114 valence electrons. The fraction of sp³-hybridized carbons (Fsp3) is 0.750. The van der Waals surface area contributed by atoms with Crippen LogP contribution in [-0.2, 0) is 19.0 Å². The number of alkyl halides is 2. The quantitative estimate of drug-likeness (QED) is 0.437. The molecule has 1 fully saturated rings. The summed E-state index contributed by atoms with van der Waals surface area (Å²) in [6, 6.07) is 0. The summed E-state index contributed by atoms with van der Waals surface area (Å²) >= 11 is 25.7. The lowest BCUT2D eigenvalue weighted by Gasteiger charge is -2.40. The van der Waals surface area contributed by atoms with Crippen molar-refractivity contribution in [3.63, 3.8) is 0 Å². The predicted molar refractivity (Wildman–Crippen MR) is 77.4 cm³/mol. The van der Waals surface area contributed by atoms with Gasteiger partial charge in [0.2, 0.25) is 5.79 Å².